The Bertz CT molecular complexity index is 1640. The molecule has 198 valence electrons. The van der Waals surface area contributed by atoms with E-state index in [4.69, 9.17) is 26.1 Å². The van der Waals surface area contributed by atoms with Crippen LogP contribution in [0.25, 0.3) is 11.3 Å². The van der Waals surface area contributed by atoms with E-state index in [0.717, 1.165) is 28.4 Å². The highest BCUT2D eigenvalue weighted by Gasteiger charge is 2.42. The van der Waals surface area contributed by atoms with E-state index in [9.17, 15) is 4.79 Å². The van der Waals surface area contributed by atoms with Crippen LogP contribution in [0.3, 0.4) is 0 Å². The number of benzene rings is 3. The zero-order chi connectivity index (χ0) is 27.5. The molecule has 0 spiro atoms. The lowest BCUT2D eigenvalue weighted by Gasteiger charge is -2.26. The highest BCUT2D eigenvalue weighted by Crippen LogP contribution is 2.43. The second-order valence-corrected chi connectivity index (χ2v) is 9.57. The molecule has 1 saturated heterocycles. The Hall–Kier alpha value is -4.95. The average molecular weight is 548 g/mol. The molecule has 2 aromatic heterocycles. The number of carbonyl (C=O) groups is 1. The first-order chi connectivity index (χ1) is 19.6. The van der Waals surface area contributed by atoms with Crippen LogP contribution in [0.1, 0.15) is 33.9 Å². The number of hydrogen-bond donors (Lipinski definition) is 1. The zero-order valence-electron chi connectivity index (χ0n) is 21.6. The molecule has 1 fully saturated rings. The van der Waals surface area contributed by atoms with Crippen LogP contribution >= 0.6 is 12.2 Å². The maximum absolute atomic E-state index is 12.1. The van der Waals surface area contributed by atoms with E-state index in [1.807, 2.05) is 95.9 Å². The molecule has 0 amide bonds. The van der Waals surface area contributed by atoms with E-state index in [1.165, 1.54) is 7.11 Å². The van der Waals surface area contributed by atoms with Gasteiger partial charge in [-0.3, -0.25) is 4.98 Å². The van der Waals surface area contributed by atoms with Crippen LogP contribution < -0.4 is 15.0 Å². The minimum atomic E-state index is -0.403. The summed E-state index contributed by atoms with van der Waals surface area (Å²) in [5.41, 5.74) is 2.94. The van der Waals surface area contributed by atoms with Crippen molar-refractivity contribution in [1.29, 1.82) is 0 Å². The summed E-state index contributed by atoms with van der Waals surface area (Å²) in [6.45, 7) is 0. The number of pyridine rings is 1. The standard InChI is InChI=1S/C32H25N3O4S/c1-37-31(36)22-9-7-8-21(20-22)27-17-18-28(39-27)30-29(26-12-5-6-19-33-26)34-32(40)35(30)23-13-15-25(16-14-23)38-24-10-3-2-4-11-24/h2-20,29-30H,1H3,(H,34,40)/t29-,30-/m1/s1. The largest absolute Gasteiger partial charge is 0.465 e. The fraction of sp³-hybridized carbons (Fsp3) is 0.0938. The van der Waals surface area contributed by atoms with E-state index < -0.39 is 5.97 Å². The quantitative estimate of drug-likeness (QED) is 0.171. The lowest BCUT2D eigenvalue weighted by Crippen LogP contribution is -2.29. The number of anilines is 1. The molecule has 0 saturated carbocycles. The van der Waals surface area contributed by atoms with Gasteiger partial charge in [0.25, 0.3) is 0 Å². The zero-order valence-corrected chi connectivity index (χ0v) is 22.4. The van der Waals surface area contributed by atoms with Crippen LogP contribution in [0, 0.1) is 0 Å². The summed E-state index contributed by atoms with van der Waals surface area (Å²) in [4.78, 5) is 18.7. The van der Waals surface area contributed by atoms with Gasteiger partial charge in [0, 0.05) is 17.4 Å². The van der Waals surface area contributed by atoms with Crippen molar-refractivity contribution in [3.63, 3.8) is 0 Å². The van der Waals surface area contributed by atoms with Gasteiger partial charge >= 0.3 is 5.97 Å². The number of esters is 1. The van der Waals surface area contributed by atoms with Crippen molar-refractivity contribution in [1.82, 2.24) is 10.3 Å². The van der Waals surface area contributed by atoms with Gasteiger partial charge in [-0.2, -0.15) is 0 Å². The Kier molecular flexibility index (Phi) is 6.99. The molecule has 0 aliphatic carbocycles. The molecule has 2 atom stereocenters. The fourth-order valence-electron chi connectivity index (χ4n) is 4.81. The van der Waals surface area contributed by atoms with E-state index in [1.54, 1.807) is 24.4 Å². The molecule has 1 N–H and O–H groups in total. The monoisotopic (exact) mass is 547 g/mol. The molecule has 1 aliphatic rings. The van der Waals surface area contributed by atoms with Gasteiger partial charge in [0.15, 0.2) is 5.11 Å². The van der Waals surface area contributed by atoms with E-state index in [2.05, 4.69) is 10.3 Å². The number of aromatic nitrogens is 1. The molecule has 0 unspecified atom stereocenters. The Morgan fingerprint density at radius 1 is 0.900 bits per heavy atom. The Morgan fingerprint density at radius 3 is 2.42 bits per heavy atom. The molecule has 5 aromatic rings. The average Bonchev–Trinajstić information content (AvgIpc) is 3.63. The maximum Gasteiger partial charge on any atom is 0.337 e. The summed E-state index contributed by atoms with van der Waals surface area (Å²) < 4.78 is 17.3. The Labute approximate surface area is 237 Å². The van der Waals surface area contributed by atoms with E-state index >= 15 is 0 Å². The number of nitrogens with zero attached hydrogens (tertiary/aromatic N) is 2. The number of furan rings is 1. The van der Waals surface area contributed by atoms with Gasteiger partial charge in [0.05, 0.1) is 24.4 Å². The third kappa shape index (κ3) is 5.04. The summed E-state index contributed by atoms with van der Waals surface area (Å²) in [7, 11) is 1.36. The van der Waals surface area contributed by atoms with Crippen molar-refractivity contribution in [2.24, 2.45) is 0 Å². The van der Waals surface area contributed by atoms with E-state index in [0.29, 0.717) is 22.2 Å². The van der Waals surface area contributed by atoms with Crippen LogP contribution in [0.2, 0.25) is 0 Å². The van der Waals surface area contributed by atoms with E-state index in [-0.39, 0.29) is 12.1 Å². The number of para-hydroxylation sites is 1. The molecule has 0 radical (unpaired) electrons. The third-order valence-corrected chi connectivity index (χ3v) is 6.99. The van der Waals surface area contributed by atoms with Crippen molar-refractivity contribution >= 4 is 29.0 Å². The first kappa shape index (κ1) is 25.3. The van der Waals surface area contributed by atoms with Gasteiger partial charge in [-0.25, -0.2) is 4.79 Å². The summed E-state index contributed by atoms with van der Waals surface area (Å²) in [5, 5.41) is 4.00. The minimum Gasteiger partial charge on any atom is -0.465 e. The second kappa shape index (κ2) is 11.0. The molecular formula is C32H25N3O4S. The van der Waals surface area contributed by atoms with Crippen molar-refractivity contribution in [2.75, 3.05) is 12.0 Å². The van der Waals surface area contributed by atoms with Gasteiger partial charge in [0.1, 0.15) is 29.1 Å². The Morgan fingerprint density at radius 2 is 1.68 bits per heavy atom. The van der Waals surface area contributed by atoms with Crippen LogP contribution in [0.4, 0.5) is 5.69 Å². The lowest BCUT2D eigenvalue weighted by atomic mass is 10.0. The molecule has 0 bridgehead atoms. The number of methoxy groups -OCH3 is 1. The summed E-state index contributed by atoms with van der Waals surface area (Å²) in [6.07, 6.45) is 1.77. The SMILES string of the molecule is COC(=O)c1cccc(-c2ccc([C@@H]3[C@@H](c4ccccn4)NC(=S)N3c3ccc(Oc4ccccc4)cc3)o2)c1. The van der Waals surface area contributed by atoms with Crippen LogP contribution in [-0.2, 0) is 4.74 Å². The predicted molar refractivity (Wildman–Crippen MR) is 156 cm³/mol. The van der Waals surface area contributed by atoms with Crippen molar-refractivity contribution in [3.05, 3.63) is 132 Å². The molecule has 40 heavy (non-hydrogen) atoms. The second-order valence-electron chi connectivity index (χ2n) is 9.18. The number of ether oxygens (including phenoxy) is 2. The minimum absolute atomic E-state index is 0.255. The number of hydrogen-bond acceptors (Lipinski definition) is 6. The van der Waals surface area contributed by atoms with Crippen LogP contribution in [-0.4, -0.2) is 23.2 Å². The third-order valence-electron chi connectivity index (χ3n) is 6.68. The normalized spacial score (nSPS) is 16.4. The van der Waals surface area contributed by atoms with Gasteiger partial charge in [-0.15, -0.1) is 0 Å². The Balaban J connectivity index is 1.35. The highest BCUT2D eigenvalue weighted by atomic mass is 32.1. The number of carbonyl (C=O) groups excluding carboxylic acids is 1. The number of thiocarbonyl (C=S) groups is 1. The molecular weight excluding hydrogens is 522 g/mol. The lowest BCUT2D eigenvalue weighted by molar-refractivity contribution is 0.0601. The summed E-state index contributed by atoms with van der Waals surface area (Å²) >= 11 is 5.84. The number of nitrogens with one attached hydrogen (secondary N) is 1. The van der Waals surface area contributed by atoms with Crippen molar-refractivity contribution in [3.8, 4) is 22.8 Å². The van der Waals surface area contributed by atoms with Crippen molar-refractivity contribution < 1.29 is 18.7 Å². The highest BCUT2D eigenvalue weighted by molar-refractivity contribution is 7.80. The molecule has 3 aromatic carbocycles. The first-order valence-electron chi connectivity index (χ1n) is 12.7. The molecule has 7 nitrogen and oxygen atoms in total. The van der Waals surface area contributed by atoms with Crippen LogP contribution in [0.5, 0.6) is 11.5 Å². The smallest absolute Gasteiger partial charge is 0.337 e. The van der Waals surface area contributed by atoms with Crippen molar-refractivity contribution in [2.45, 2.75) is 12.1 Å². The van der Waals surface area contributed by atoms with Gasteiger partial charge in [-0.1, -0.05) is 36.4 Å². The fourth-order valence-corrected chi connectivity index (χ4v) is 5.15. The van der Waals surface area contributed by atoms with Gasteiger partial charge < -0.3 is 24.1 Å². The van der Waals surface area contributed by atoms with Gasteiger partial charge in [0.2, 0.25) is 0 Å². The summed E-state index contributed by atoms with van der Waals surface area (Å²) in [6, 6.07) is 33.7. The molecule has 3 heterocycles. The van der Waals surface area contributed by atoms with Crippen LogP contribution in [0.15, 0.2) is 120 Å². The predicted octanol–water partition coefficient (Wildman–Crippen LogP) is 7.10. The maximum atomic E-state index is 12.1. The number of rotatable bonds is 7. The topological polar surface area (TPSA) is 76.8 Å². The van der Waals surface area contributed by atoms with Gasteiger partial charge in [-0.05, 0) is 85.0 Å². The first-order valence-corrected chi connectivity index (χ1v) is 13.1. The summed E-state index contributed by atoms with van der Waals surface area (Å²) in [5.74, 6) is 2.41. The molecule has 8 heteroatoms. The molecule has 1 aliphatic heterocycles. The molecule has 6 rings (SSSR count).